The van der Waals surface area contributed by atoms with Crippen molar-refractivity contribution in [2.45, 2.75) is 59.2 Å². The maximum atomic E-state index is 13.0. The highest BCUT2D eigenvalue weighted by Gasteiger charge is 2.26. The first-order valence-corrected chi connectivity index (χ1v) is 9.56. The van der Waals surface area contributed by atoms with Crippen LogP contribution in [0.3, 0.4) is 0 Å². The number of hydrogen-bond acceptors (Lipinski definition) is 2. The summed E-state index contributed by atoms with van der Waals surface area (Å²) in [5, 5.41) is 2.91. The lowest BCUT2D eigenvalue weighted by atomic mass is 10.1. The van der Waals surface area contributed by atoms with E-state index in [2.05, 4.69) is 29.6 Å². The van der Waals surface area contributed by atoms with Gasteiger partial charge in [-0.15, -0.1) is 0 Å². The Balaban J connectivity index is 2.10. The van der Waals surface area contributed by atoms with Crippen LogP contribution >= 0.6 is 0 Å². The molecule has 0 spiro atoms. The molecule has 2 amide bonds. The van der Waals surface area contributed by atoms with Crippen LogP contribution in [0.2, 0.25) is 0 Å². The lowest BCUT2D eigenvalue weighted by molar-refractivity contribution is -0.140. The zero-order valence-electron chi connectivity index (χ0n) is 16.7. The monoisotopic (exact) mass is 366 g/mol. The van der Waals surface area contributed by atoms with E-state index in [9.17, 15) is 9.59 Å². The number of amides is 2. The van der Waals surface area contributed by atoms with Crippen molar-refractivity contribution >= 4 is 11.8 Å². The van der Waals surface area contributed by atoms with Crippen molar-refractivity contribution in [2.75, 3.05) is 0 Å². The normalized spacial score (nSPS) is 11.9. The van der Waals surface area contributed by atoms with E-state index in [1.807, 2.05) is 51.1 Å². The Bertz CT molecular complexity index is 739. The van der Waals surface area contributed by atoms with Crippen molar-refractivity contribution in [2.24, 2.45) is 0 Å². The number of hydrogen-bond donors (Lipinski definition) is 1. The second-order valence-corrected chi connectivity index (χ2v) is 7.33. The number of rotatable bonds is 8. The second kappa shape index (κ2) is 9.91. The van der Waals surface area contributed by atoms with E-state index in [1.54, 1.807) is 11.8 Å². The highest BCUT2D eigenvalue weighted by Crippen LogP contribution is 2.13. The zero-order chi connectivity index (χ0) is 19.8. The fraction of sp³-hybridized carbons (Fsp3) is 0.391. The Morgan fingerprint density at radius 2 is 1.56 bits per heavy atom. The van der Waals surface area contributed by atoms with Gasteiger partial charge in [-0.05, 0) is 45.2 Å². The summed E-state index contributed by atoms with van der Waals surface area (Å²) in [5.74, 6) is -0.129. The minimum atomic E-state index is -0.516. The van der Waals surface area contributed by atoms with Crippen molar-refractivity contribution in [1.82, 2.24) is 10.2 Å². The van der Waals surface area contributed by atoms with Gasteiger partial charge in [0.15, 0.2) is 0 Å². The fourth-order valence-corrected chi connectivity index (χ4v) is 2.92. The van der Waals surface area contributed by atoms with Crippen molar-refractivity contribution in [1.29, 1.82) is 0 Å². The van der Waals surface area contributed by atoms with Gasteiger partial charge in [-0.1, -0.05) is 60.2 Å². The van der Waals surface area contributed by atoms with Crippen molar-refractivity contribution in [3.05, 3.63) is 71.3 Å². The first kappa shape index (κ1) is 20.7. The third-order valence-electron chi connectivity index (χ3n) is 4.54. The Hall–Kier alpha value is -2.62. The van der Waals surface area contributed by atoms with Gasteiger partial charge >= 0.3 is 0 Å². The largest absolute Gasteiger partial charge is 0.352 e. The molecule has 0 heterocycles. The second-order valence-electron chi connectivity index (χ2n) is 7.33. The smallest absolute Gasteiger partial charge is 0.242 e. The third-order valence-corrected chi connectivity index (χ3v) is 4.54. The van der Waals surface area contributed by atoms with E-state index in [-0.39, 0.29) is 17.9 Å². The molecule has 4 heteroatoms. The summed E-state index contributed by atoms with van der Waals surface area (Å²) < 4.78 is 0. The predicted molar refractivity (Wildman–Crippen MR) is 109 cm³/mol. The lowest BCUT2D eigenvalue weighted by Crippen LogP contribution is -2.49. The molecule has 2 aromatic rings. The molecule has 0 saturated heterocycles. The average Bonchev–Trinajstić information content (AvgIpc) is 2.65. The quantitative estimate of drug-likeness (QED) is 0.771. The van der Waals surface area contributed by atoms with Crippen LogP contribution in [0.5, 0.6) is 0 Å². The summed E-state index contributed by atoms with van der Waals surface area (Å²) in [5.41, 5.74) is 3.35. The number of nitrogens with zero attached hydrogens (tertiary/aromatic N) is 1. The summed E-state index contributed by atoms with van der Waals surface area (Å²) in [7, 11) is 0. The minimum Gasteiger partial charge on any atom is -0.352 e. The number of aryl methyl sites for hydroxylation is 2. The first-order chi connectivity index (χ1) is 12.9. The maximum Gasteiger partial charge on any atom is 0.242 e. The van der Waals surface area contributed by atoms with Crippen molar-refractivity contribution in [3.63, 3.8) is 0 Å². The van der Waals surface area contributed by atoms with Gasteiger partial charge in [0, 0.05) is 19.0 Å². The van der Waals surface area contributed by atoms with Gasteiger partial charge in [0.2, 0.25) is 11.8 Å². The predicted octanol–water partition coefficient (Wildman–Crippen LogP) is 3.87. The zero-order valence-corrected chi connectivity index (χ0v) is 16.7. The Labute approximate surface area is 162 Å². The Morgan fingerprint density at radius 1 is 0.926 bits per heavy atom. The molecule has 0 radical (unpaired) electrons. The Kier molecular flexibility index (Phi) is 7.59. The van der Waals surface area contributed by atoms with Crippen LogP contribution in [0.15, 0.2) is 54.6 Å². The molecule has 0 aromatic heterocycles. The molecule has 0 aliphatic carbocycles. The topological polar surface area (TPSA) is 49.4 Å². The molecule has 0 fully saturated rings. The standard InChI is InChI=1S/C23H30N2O2/c1-17(2)24-23(27)19(4)25(16-21-8-6-5-7-9-21)22(26)15-14-20-12-10-18(3)11-13-20/h5-13,17,19H,14-16H2,1-4H3,(H,24,27)/t19-/m1/s1. The number of carbonyl (C=O) groups is 2. The molecule has 0 aliphatic rings. The molecule has 1 atom stereocenters. The van der Waals surface area contributed by atoms with E-state index in [1.165, 1.54) is 5.56 Å². The summed E-state index contributed by atoms with van der Waals surface area (Å²) in [4.78, 5) is 27.1. The number of benzene rings is 2. The molecule has 27 heavy (non-hydrogen) atoms. The molecule has 144 valence electrons. The lowest BCUT2D eigenvalue weighted by Gasteiger charge is -2.29. The van der Waals surface area contributed by atoms with Crippen LogP contribution in [-0.4, -0.2) is 28.8 Å². The molecule has 1 N–H and O–H groups in total. The van der Waals surface area contributed by atoms with Gasteiger partial charge in [0.25, 0.3) is 0 Å². The van der Waals surface area contributed by atoms with Gasteiger partial charge in [0.1, 0.15) is 6.04 Å². The third kappa shape index (κ3) is 6.55. The Morgan fingerprint density at radius 3 is 2.15 bits per heavy atom. The van der Waals surface area contributed by atoms with E-state index in [4.69, 9.17) is 0 Å². The first-order valence-electron chi connectivity index (χ1n) is 9.56. The van der Waals surface area contributed by atoms with Crippen LogP contribution in [0, 0.1) is 6.92 Å². The fourth-order valence-electron chi connectivity index (χ4n) is 2.92. The van der Waals surface area contributed by atoms with Crippen LogP contribution < -0.4 is 5.32 Å². The minimum absolute atomic E-state index is 0.00849. The molecular formula is C23H30N2O2. The molecule has 2 aromatic carbocycles. The highest BCUT2D eigenvalue weighted by molar-refractivity contribution is 5.87. The molecule has 0 unspecified atom stereocenters. The highest BCUT2D eigenvalue weighted by atomic mass is 16.2. The maximum absolute atomic E-state index is 13.0. The van der Waals surface area contributed by atoms with Crippen LogP contribution in [0.4, 0.5) is 0 Å². The van der Waals surface area contributed by atoms with Crippen LogP contribution in [0.25, 0.3) is 0 Å². The van der Waals surface area contributed by atoms with Gasteiger partial charge < -0.3 is 10.2 Å². The van der Waals surface area contributed by atoms with E-state index < -0.39 is 6.04 Å². The molecule has 4 nitrogen and oxygen atoms in total. The van der Waals surface area contributed by atoms with E-state index in [0.717, 1.165) is 11.1 Å². The molecule has 0 saturated carbocycles. The van der Waals surface area contributed by atoms with Gasteiger partial charge in [0.05, 0.1) is 0 Å². The van der Waals surface area contributed by atoms with Gasteiger partial charge in [-0.2, -0.15) is 0 Å². The molecular weight excluding hydrogens is 336 g/mol. The SMILES string of the molecule is Cc1ccc(CCC(=O)N(Cc2ccccc2)[C@H](C)C(=O)NC(C)C)cc1. The molecule has 0 aliphatic heterocycles. The molecule has 2 rings (SSSR count). The number of carbonyl (C=O) groups excluding carboxylic acids is 2. The molecule has 0 bridgehead atoms. The summed E-state index contributed by atoms with van der Waals surface area (Å²) in [6.07, 6.45) is 1.05. The summed E-state index contributed by atoms with van der Waals surface area (Å²) >= 11 is 0. The summed E-state index contributed by atoms with van der Waals surface area (Å²) in [6, 6.07) is 17.5. The van der Waals surface area contributed by atoms with Crippen LogP contribution in [-0.2, 0) is 22.6 Å². The van der Waals surface area contributed by atoms with Crippen molar-refractivity contribution < 1.29 is 9.59 Å². The van der Waals surface area contributed by atoms with E-state index in [0.29, 0.717) is 19.4 Å². The van der Waals surface area contributed by atoms with E-state index >= 15 is 0 Å². The van der Waals surface area contributed by atoms with Gasteiger partial charge in [-0.25, -0.2) is 0 Å². The van der Waals surface area contributed by atoms with Gasteiger partial charge in [-0.3, -0.25) is 9.59 Å². The van der Waals surface area contributed by atoms with Crippen LogP contribution in [0.1, 0.15) is 43.9 Å². The summed E-state index contributed by atoms with van der Waals surface area (Å²) in [6.45, 7) is 8.12. The average molecular weight is 367 g/mol. The van der Waals surface area contributed by atoms with Crippen molar-refractivity contribution in [3.8, 4) is 0 Å². The number of nitrogens with one attached hydrogen (secondary N) is 1.